The molecular weight excluding hydrogens is 281 g/mol. The zero-order valence-electron chi connectivity index (χ0n) is 9.72. The number of benzene rings is 2. The Bertz CT molecular complexity index is 899. The van der Waals surface area contributed by atoms with E-state index in [1.54, 1.807) is 6.20 Å². The molecule has 0 bridgehead atoms. The Hall–Kier alpha value is -1.84. The molecule has 2 heterocycles. The highest BCUT2D eigenvalue weighted by atomic mass is 35.5. The van der Waals surface area contributed by atoms with Gasteiger partial charge in [-0.05, 0) is 29.0 Å². The average Bonchev–Trinajstić information content (AvgIpc) is 2.88. The largest absolute Gasteiger partial charge is 0.284 e. The molecule has 2 aromatic heterocycles. The number of rotatable bonds is 0. The van der Waals surface area contributed by atoms with E-state index in [9.17, 15) is 0 Å². The predicted molar refractivity (Wildman–Crippen MR) is 81.2 cm³/mol. The summed E-state index contributed by atoms with van der Waals surface area (Å²) >= 11 is 6.10. The Kier molecular flexibility index (Phi) is 2.81. The smallest absolute Gasteiger partial charge is 0.101 e. The summed E-state index contributed by atoms with van der Waals surface area (Å²) in [5, 5.41) is 13.5. The first-order chi connectivity index (χ1) is 8.84. The number of aromatic amines is 1. The van der Waals surface area contributed by atoms with Gasteiger partial charge in [-0.15, -0.1) is 12.4 Å². The van der Waals surface area contributed by atoms with Crippen molar-refractivity contribution >= 4 is 56.5 Å². The second kappa shape index (κ2) is 4.37. The van der Waals surface area contributed by atoms with E-state index >= 15 is 0 Å². The molecule has 0 radical (unpaired) electrons. The fourth-order valence-corrected chi connectivity index (χ4v) is 2.66. The normalized spacial score (nSPS) is 11.0. The minimum atomic E-state index is 0. The third-order valence-electron chi connectivity index (χ3n) is 3.28. The third-order valence-corrected chi connectivity index (χ3v) is 3.51. The summed E-state index contributed by atoms with van der Waals surface area (Å²) in [5.74, 6) is 0. The van der Waals surface area contributed by atoms with Crippen molar-refractivity contribution in [2.45, 2.75) is 0 Å². The van der Waals surface area contributed by atoms with Crippen molar-refractivity contribution in [3.05, 3.63) is 47.9 Å². The number of aromatic nitrogens is 3. The Labute approximate surface area is 120 Å². The minimum Gasteiger partial charge on any atom is -0.284 e. The summed E-state index contributed by atoms with van der Waals surface area (Å²) in [5.41, 5.74) is 0.973. The zero-order valence-corrected chi connectivity index (χ0v) is 11.3. The number of pyridine rings is 1. The molecule has 1 N–H and O–H groups in total. The molecule has 0 saturated heterocycles. The highest BCUT2D eigenvalue weighted by Crippen LogP contribution is 2.34. The summed E-state index contributed by atoms with van der Waals surface area (Å²) in [6, 6.07) is 7.87. The van der Waals surface area contributed by atoms with Gasteiger partial charge in [-0.3, -0.25) is 10.1 Å². The molecule has 0 atom stereocenters. The molecule has 3 nitrogen and oxygen atoms in total. The molecule has 0 unspecified atom stereocenters. The van der Waals surface area contributed by atoms with Crippen LogP contribution in [0.1, 0.15) is 0 Å². The Morgan fingerprint density at radius 2 is 1.84 bits per heavy atom. The van der Waals surface area contributed by atoms with Gasteiger partial charge in [-0.2, -0.15) is 5.10 Å². The second-order valence-electron chi connectivity index (χ2n) is 4.26. The van der Waals surface area contributed by atoms with E-state index in [1.165, 1.54) is 0 Å². The number of H-pyrrole nitrogens is 1. The molecule has 5 heteroatoms. The second-order valence-corrected chi connectivity index (χ2v) is 4.70. The maximum Gasteiger partial charge on any atom is 0.101 e. The van der Waals surface area contributed by atoms with Crippen molar-refractivity contribution in [3.8, 4) is 0 Å². The topological polar surface area (TPSA) is 41.6 Å². The van der Waals surface area contributed by atoms with Crippen molar-refractivity contribution in [1.82, 2.24) is 15.2 Å². The molecule has 0 amide bonds. The standard InChI is InChI=1S/C14H8ClN3.ClH/c15-8-1-2-10-11(5-8)12-6-16-4-3-9(12)13-7-17-18-14(10)13;/h1-7H,(H,17,18);1H. The molecule has 0 aliphatic carbocycles. The van der Waals surface area contributed by atoms with Crippen LogP contribution in [0.5, 0.6) is 0 Å². The van der Waals surface area contributed by atoms with Crippen LogP contribution >= 0.6 is 24.0 Å². The Balaban J connectivity index is 0.00000110. The van der Waals surface area contributed by atoms with Gasteiger partial charge in [0.15, 0.2) is 0 Å². The van der Waals surface area contributed by atoms with Crippen molar-refractivity contribution in [2.24, 2.45) is 0 Å². The highest BCUT2D eigenvalue weighted by Gasteiger charge is 2.10. The van der Waals surface area contributed by atoms with Gasteiger partial charge in [-0.1, -0.05) is 17.7 Å². The Morgan fingerprint density at radius 3 is 2.74 bits per heavy atom. The molecular formula is C14H9Cl2N3. The van der Waals surface area contributed by atoms with Gasteiger partial charge in [0.2, 0.25) is 0 Å². The summed E-state index contributed by atoms with van der Waals surface area (Å²) < 4.78 is 0. The van der Waals surface area contributed by atoms with Crippen LogP contribution in [0.15, 0.2) is 42.9 Å². The van der Waals surface area contributed by atoms with E-state index in [2.05, 4.69) is 15.2 Å². The molecule has 0 aliphatic heterocycles. The molecule has 19 heavy (non-hydrogen) atoms. The van der Waals surface area contributed by atoms with E-state index in [1.807, 2.05) is 36.7 Å². The van der Waals surface area contributed by atoms with Crippen molar-refractivity contribution in [2.75, 3.05) is 0 Å². The molecule has 94 valence electrons. The minimum absolute atomic E-state index is 0. The molecule has 0 spiro atoms. The summed E-state index contributed by atoms with van der Waals surface area (Å²) in [6.07, 6.45) is 5.59. The summed E-state index contributed by atoms with van der Waals surface area (Å²) in [4.78, 5) is 4.21. The Morgan fingerprint density at radius 1 is 0.947 bits per heavy atom. The number of nitrogens with zero attached hydrogens (tertiary/aromatic N) is 2. The van der Waals surface area contributed by atoms with E-state index < -0.39 is 0 Å². The van der Waals surface area contributed by atoms with Gasteiger partial charge in [0.25, 0.3) is 0 Å². The van der Waals surface area contributed by atoms with Gasteiger partial charge in [0.05, 0.1) is 0 Å². The molecule has 2 aromatic carbocycles. The monoisotopic (exact) mass is 289 g/mol. The van der Waals surface area contributed by atoms with Gasteiger partial charge in [0.1, 0.15) is 5.52 Å². The lowest BCUT2D eigenvalue weighted by Crippen LogP contribution is -1.82. The average molecular weight is 290 g/mol. The zero-order chi connectivity index (χ0) is 12.1. The fraction of sp³-hybridized carbons (Fsp3) is 0. The fourth-order valence-electron chi connectivity index (χ4n) is 2.49. The molecule has 0 fully saturated rings. The van der Waals surface area contributed by atoms with Crippen LogP contribution in [-0.2, 0) is 0 Å². The SMILES string of the molecule is Cl.Clc1ccc2c(c1)c1cnccc1c1c[nH]nc21. The van der Waals surface area contributed by atoms with Gasteiger partial charge in [-0.25, -0.2) is 0 Å². The van der Waals surface area contributed by atoms with Gasteiger partial charge >= 0.3 is 0 Å². The number of halogens is 2. The van der Waals surface area contributed by atoms with Crippen LogP contribution in [0, 0.1) is 0 Å². The first-order valence-electron chi connectivity index (χ1n) is 5.63. The number of hydrogen-bond acceptors (Lipinski definition) is 2. The quantitative estimate of drug-likeness (QED) is 0.489. The van der Waals surface area contributed by atoms with E-state index in [-0.39, 0.29) is 12.4 Å². The maximum atomic E-state index is 6.10. The van der Waals surface area contributed by atoms with E-state index in [0.717, 1.165) is 37.5 Å². The van der Waals surface area contributed by atoms with E-state index in [4.69, 9.17) is 11.6 Å². The van der Waals surface area contributed by atoms with Crippen LogP contribution in [0.2, 0.25) is 5.02 Å². The van der Waals surface area contributed by atoms with Crippen LogP contribution in [0.3, 0.4) is 0 Å². The first-order valence-corrected chi connectivity index (χ1v) is 6.01. The van der Waals surface area contributed by atoms with E-state index in [0.29, 0.717) is 0 Å². The van der Waals surface area contributed by atoms with Crippen molar-refractivity contribution in [3.63, 3.8) is 0 Å². The van der Waals surface area contributed by atoms with Crippen LogP contribution in [0.25, 0.3) is 32.4 Å². The van der Waals surface area contributed by atoms with Crippen molar-refractivity contribution in [1.29, 1.82) is 0 Å². The predicted octanol–water partition coefficient (Wildman–Crippen LogP) is 4.34. The van der Waals surface area contributed by atoms with Crippen LogP contribution in [-0.4, -0.2) is 15.2 Å². The lowest BCUT2D eigenvalue weighted by atomic mass is 10.0. The molecule has 4 rings (SSSR count). The third kappa shape index (κ3) is 1.66. The number of fused-ring (bicyclic) bond motifs is 6. The molecule has 0 aliphatic rings. The lowest BCUT2D eigenvalue weighted by molar-refractivity contribution is 1.12. The van der Waals surface area contributed by atoms with Gasteiger partial charge in [0, 0.05) is 39.8 Å². The summed E-state index contributed by atoms with van der Waals surface area (Å²) in [7, 11) is 0. The van der Waals surface area contributed by atoms with Gasteiger partial charge < -0.3 is 0 Å². The maximum absolute atomic E-state index is 6.10. The summed E-state index contributed by atoms with van der Waals surface area (Å²) in [6.45, 7) is 0. The highest BCUT2D eigenvalue weighted by molar-refractivity contribution is 6.33. The number of hydrogen-bond donors (Lipinski definition) is 1. The molecule has 4 aromatic rings. The molecule has 0 saturated carbocycles. The van der Waals surface area contributed by atoms with Crippen molar-refractivity contribution < 1.29 is 0 Å². The van der Waals surface area contributed by atoms with Crippen LogP contribution in [0.4, 0.5) is 0 Å². The number of nitrogens with one attached hydrogen (secondary N) is 1. The van der Waals surface area contributed by atoms with Crippen LogP contribution < -0.4 is 0 Å². The lowest BCUT2D eigenvalue weighted by Gasteiger charge is -2.05. The first kappa shape index (κ1) is 12.2.